The fourth-order valence-electron chi connectivity index (χ4n) is 0.664. The van der Waals surface area contributed by atoms with Crippen LogP contribution in [0.4, 0.5) is 0 Å². The van der Waals surface area contributed by atoms with Gasteiger partial charge in [0.2, 0.25) is 6.35 Å². The first-order valence-corrected chi connectivity index (χ1v) is 5.51. The van der Waals surface area contributed by atoms with E-state index in [9.17, 15) is 9.36 Å². The van der Waals surface area contributed by atoms with Gasteiger partial charge < -0.3 is 9.84 Å². The number of carboxylic acids is 1. The Kier molecular flexibility index (Phi) is 6.91. The van der Waals surface area contributed by atoms with Crippen molar-refractivity contribution in [3.05, 3.63) is 0 Å². The van der Waals surface area contributed by atoms with Crippen molar-refractivity contribution in [2.45, 2.75) is 19.8 Å². The number of aliphatic carboxylic acids is 1. The van der Waals surface area contributed by atoms with Crippen molar-refractivity contribution >= 4 is 13.8 Å². The van der Waals surface area contributed by atoms with Crippen LogP contribution in [0.15, 0.2) is 0 Å². The average Bonchev–Trinajstić information content (AvgIpc) is 2.00. The molecule has 0 aromatic carbocycles. The normalized spacial score (nSPS) is 11.2. The molecule has 0 saturated carbocycles. The number of hydrogen-bond donors (Lipinski definition) is 1. The molecule has 0 heterocycles. The number of hydrogen-bond acceptors (Lipinski definition) is 3. The van der Waals surface area contributed by atoms with Gasteiger partial charge in [-0.25, -0.2) is 0 Å². The van der Waals surface area contributed by atoms with E-state index >= 15 is 0 Å². The van der Waals surface area contributed by atoms with Crippen LogP contribution in [0.1, 0.15) is 19.8 Å². The lowest BCUT2D eigenvalue weighted by molar-refractivity contribution is -0.137. The summed E-state index contributed by atoms with van der Waals surface area (Å²) in [4.78, 5) is 10.1. The van der Waals surface area contributed by atoms with Crippen LogP contribution >= 0.6 is 7.80 Å². The summed E-state index contributed by atoms with van der Waals surface area (Å²) in [7, 11) is -1.35. The molecule has 5 heteroatoms. The fourth-order valence-corrected chi connectivity index (χ4v) is 1.69. The van der Waals surface area contributed by atoms with Gasteiger partial charge in [0.1, 0.15) is 6.16 Å². The van der Waals surface area contributed by atoms with Crippen molar-refractivity contribution in [3.8, 4) is 0 Å². The number of carboxylic acid groups (broad SMARTS) is 1. The van der Waals surface area contributed by atoms with Crippen LogP contribution in [0.5, 0.6) is 0 Å². The standard InChI is InChI=1S/C7H13O4P/c1-2-11-6-12(10)5-3-4-7(8)9/h2-6H2,1H3/p+1. The van der Waals surface area contributed by atoms with Crippen LogP contribution < -0.4 is 0 Å². The first-order valence-electron chi connectivity index (χ1n) is 3.88. The molecule has 0 aliphatic carbocycles. The van der Waals surface area contributed by atoms with E-state index in [1.54, 1.807) is 0 Å². The van der Waals surface area contributed by atoms with Crippen LogP contribution in [-0.4, -0.2) is 30.2 Å². The minimum absolute atomic E-state index is 0.0905. The zero-order chi connectivity index (χ0) is 9.40. The second-order valence-electron chi connectivity index (χ2n) is 2.32. The maximum absolute atomic E-state index is 11.0. The van der Waals surface area contributed by atoms with E-state index < -0.39 is 13.8 Å². The molecule has 0 saturated heterocycles. The summed E-state index contributed by atoms with van der Waals surface area (Å²) in [5.41, 5.74) is 0. The van der Waals surface area contributed by atoms with Crippen LogP contribution in [0.3, 0.4) is 0 Å². The molecular weight excluding hydrogens is 179 g/mol. The minimum Gasteiger partial charge on any atom is -0.481 e. The molecule has 4 nitrogen and oxygen atoms in total. The summed E-state index contributed by atoms with van der Waals surface area (Å²) in [6.07, 6.45) is 1.26. The highest BCUT2D eigenvalue weighted by Crippen LogP contribution is 2.21. The van der Waals surface area contributed by atoms with Crippen molar-refractivity contribution in [1.29, 1.82) is 0 Å². The van der Waals surface area contributed by atoms with Crippen molar-refractivity contribution in [2.24, 2.45) is 0 Å². The SMILES string of the molecule is CCOC[P+](=O)CCCC(=O)O. The van der Waals surface area contributed by atoms with Gasteiger partial charge in [-0.05, 0) is 6.92 Å². The third-order valence-electron chi connectivity index (χ3n) is 1.24. The Balaban J connectivity index is 3.25. The third-order valence-corrected chi connectivity index (χ3v) is 2.52. The maximum Gasteiger partial charge on any atom is 0.366 e. The van der Waals surface area contributed by atoms with Gasteiger partial charge in [0.15, 0.2) is 0 Å². The highest BCUT2D eigenvalue weighted by Gasteiger charge is 2.14. The lowest BCUT2D eigenvalue weighted by atomic mass is 10.3. The van der Waals surface area contributed by atoms with Crippen molar-refractivity contribution < 1.29 is 19.2 Å². The van der Waals surface area contributed by atoms with Crippen molar-refractivity contribution in [1.82, 2.24) is 0 Å². The second-order valence-corrected chi connectivity index (χ2v) is 3.99. The Bertz CT molecular complexity index is 157. The summed E-state index contributed by atoms with van der Waals surface area (Å²) in [6, 6.07) is 0. The Labute approximate surface area is 72.7 Å². The van der Waals surface area contributed by atoms with E-state index in [4.69, 9.17) is 9.84 Å². The summed E-state index contributed by atoms with van der Waals surface area (Å²) in [5.74, 6) is -0.838. The largest absolute Gasteiger partial charge is 0.481 e. The van der Waals surface area contributed by atoms with Gasteiger partial charge in [-0.2, -0.15) is 0 Å². The Morgan fingerprint density at radius 2 is 2.25 bits per heavy atom. The second kappa shape index (κ2) is 7.19. The Morgan fingerprint density at radius 1 is 1.58 bits per heavy atom. The van der Waals surface area contributed by atoms with E-state index in [2.05, 4.69) is 0 Å². The molecule has 0 radical (unpaired) electrons. The van der Waals surface area contributed by atoms with Crippen molar-refractivity contribution in [3.63, 3.8) is 0 Å². The van der Waals surface area contributed by atoms with E-state index in [0.29, 0.717) is 19.2 Å². The predicted octanol–water partition coefficient (Wildman–Crippen LogP) is 1.67. The predicted molar refractivity (Wildman–Crippen MR) is 45.8 cm³/mol. The molecule has 1 unspecified atom stereocenters. The highest BCUT2D eigenvalue weighted by atomic mass is 31.1. The highest BCUT2D eigenvalue weighted by molar-refractivity contribution is 7.44. The van der Waals surface area contributed by atoms with Crippen molar-refractivity contribution in [2.75, 3.05) is 19.1 Å². The average molecular weight is 193 g/mol. The maximum atomic E-state index is 11.0. The zero-order valence-corrected chi connectivity index (χ0v) is 8.05. The zero-order valence-electron chi connectivity index (χ0n) is 7.15. The molecule has 0 aromatic rings. The van der Waals surface area contributed by atoms with Gasteiger partial charge in [-0.3, -0.25) is 4.79 Å². The summed E-state index contributed by atoms with van der Waals surface area (Å²) >= 11 is 0. The molecule has 0 rings (SSSR count). The van der Waals surface area contributed by atoms with E-state index in [1.165, 1.54) is 0 Å². The van der Waals surface area contributed by atoms with Crippen LogP contribution in [0.2, 0.25) is 0 Å². The first kappa shape index (κ1) is 11.5. The fraction of sp³-hybridized carbons (Fsp3) is 0.857. The number of carbonyl (C=O) groups is 1. The van der Waals surface area contributed by atoms with Crippen LogP contribution in [0.25, 0.3) is 0 Å². The summed E-state index contributed by atoms with van der Waals surface area (Å²) in [5, 5.41) is 8.28. The molecule has 1 atom stereocenters. The van der Waals surface area contributed by atoms with E-state index in [0.717, 1.165) is 0 Å². The lowest BCUT2D eigenvalue weighted by Crippen LogP contribution is -1.96. The topological polar surface area (TPSA) is 63.6 Å². The Morgan fingerprint density at radius 3 is 2.75 bits per heavy atom. The van der Waals surface area contributed by atoms with Crippen LogP contribution in [-0.2, 0) is 14.1 Å². The van der Waals surface area contributed by atoms with E-state index in [1.807, 2.05) is 6.92 Å². The van der Waals surface area contributed by atoms with Gasteiger partial charge in [-0.1, -0.05) is 4.57 Å². The summed E-state index contributed by atoms with van der Waals surface area (Å²) in [6.45, 7) is 2.39. The smallest absolute Gasteiger partial charge is 0.366 e. The molecule has 12 heavy (non-hydrogen) atoms. The Hall–Kier alpha value is -0.470. The molecule has 1 N–H and O–H groups in total. The van der Waals surface area contributed by atoms with Gasteiger partial charge >= 0.3 is 13.8 Å². The third kappa shape index (κ3) is 7.63. The van der Waals surface area contributed by atoms with E-state index in [-0.39, 0.29) is 12.8 Å². The lowest BCUT2D eigenvalue weighted by Gasteiger charge is -1.90. The number of rotatable bonds is 7. The molecule has 0 spiro atoms. The van der Waals surface area contributed by atoms with Gasteiger partial charge in [0.05, 0.1) is 0 Å². The van der Waals surface area contributed by atoms with Gasteiger partial charge in [0.25, 0.3) is 0 Å². The van der Waals surface area contributed by atoms with Crippen LogP contribution in [0, 0.1) is 0 Å². The molecular formula is C7H14O4P+. The molecule has 0 aliphatic rings. The first-order chi connectivity index (χ1) is 5.66. The molecule has 70 valence electrons. The summed E-state index contributed by atoms with van der Waals surface area (Å²) < 4.78 is 15.9. The monoisotopic (exact) mass is 193 g/mol. The molecule has 0 aliphatic heterocycles. The van der Waals surface area contributed by atoms with Gasteiger partial charge in [0, 0.05) is 19.4 Å². The number of ether oxygens (including phenoxy) is 1. The molecule has 0 fully saturated rings. The molecule has 0 bridgehead atoms. The van der Waals surface area contributed by atoms with Gasteiger partial charge in [-0.15, -0.1) is 0 Å². The quantitative estimate of drug-likeness (QED) is 0.624. The minimum atomic E-state index is -1.35. The molecule has 0 amide bonds. The molecule has 0 aromatic heterocycles.